The minimum atomic E-state index is -3.10. The van der Waals surface area contributed by atoms with Crippen LogP contribution in [-0.4, -0.2) is 53.7 Å². The van der Waals surface area contributed by atoms with Crippen LogP contribution in [0.3, 0.4) is 0 Å². The van der Waals surface area contributed by atoms with E-state index in [-0.39, 0.29) is 17.5 Å². The van der Waals surface area contributed by atoms with Crippen molar-refractivity contribution in [3.63, 3.8) is 0 Å². The summed E-state index contributed by atoms with van der Waals surface area (Å²) in [7, 11) is -3.10. The number of amides is 3. The molecular formula is C22H24FN3O5S. The van der Waals surface area contributed by atoms with E-state index >= 15 is 0 Å². The molecule has 2 aromatic rings. The molecule has 170 valence electrons. The number of benzene rings is 1. The highest BCUT2D eigenvalue weighted by molar-refractivity contribution is 7.91. The van der Waals surface area contributed by atoms with E-state index in [2.05, 4.69) is 5.32 Å². The molecule has 10 heteroatoms. The number of carbonyl (C=O) groups is 3. The van der Waals surface area contributed by atoms with Crippen LogP contribution < -0.4 is 5.32 Å². The lowest BCUT2D eigenvalue weighted by Gasteiger charge is -2.22. The summed E-state index contributed by atoms with van der Waals surface area (Å²) in [5.41, 5.74) is 0.722. The molecule has 4 rings (SSSR count). The van der Waals surface area contributed by atoms with Gasteiger partial charge in [-0.3, -0.25) is 14.5 Å². The van der Waals surface area contributed by atoms with Crippen LogP contribution in [0, 0.1) is 19.7 Å². The Hall–Kier alpha value is -3.01. The monoisotopic (exact) mass is 461 g/mol. The molecule has 1 aromatic heterocycles. The molecule has 1 N–H and O–H groups in total. The number of nitrogens with zero attached hydrogens (tertiary/aromatic N) is 2. The Labute approximate surface area is 185 Å². The number of imide groups is 1. The number of nitrogens with one attached hydrogen (secondary N) is 1. The Balaban J connectivity index is 1.57. The molecule has 2 fully saturated rings. The molecule has 8 nitrogen and oxygen atoms in total. The second kappa shape index (κ2) is 7.54. The second-order valence-electron chi connectivity index (χ2n) is 8.59. The summed E-state index contributed by atoms with van der Waals surface area (Å²) >= 11 is 0. The van der Waals surface area contributed by atoms with Crippen molar-refractivity contribution in [1.82, 2.24) is 14.8 Å². The zero-order valence-corrected chi connectivity index (χ0v) is 18.8. The topological polar surface area (TPSA) is 106 Å². The third-order valence-electron chi connectivity index (χ3n) is 6.36. The fraction of sp³-hybridized carbons (Fsp3) is 0.409. The number of Topliss-reactive ketones (excluding diaryl/α,β-unsaturated/α-hetero) is 1. The molecule has 2 unspecified atom stereocenters. The van der Waals surface area contributed by atoms with Gasteiger partial charge in [-0.1, -0.05) is 12.1 Å². The van der Waals surface area contributed by atoms with Crippen molar-refractivity contribution < 1.29 is 27.2 Å². The summed E-state index contributed by atoms with van der Waals surface area (Å²) in [6, 6.07) is 5.97. The summed E-state index contributed by atoms with van der Waals surface area (Å²) in [4.78, 5) is 39.5. The maximum Gasteiger partial charge on any atom is 0.325 e. The number of urea groups is 1. The van der Waals surface area contributed by atoms with E-state index in [0.717, 1.165) is 10.6 Å². The SMILES string of the molecule is Cc1cc(C(=O)CN2C(=O)NC(C)(c3ccc(F)cc3)C2=O)c(C)n1C1CCS(=O)(=O)C1. The lowest BCUT2D eigenvalue weighted by atomic mass is 9.92. The molecule has 3 heterocycles. The van der Waals surface area contributed by atoms with Gasteiger partial charge in [-0.2, -0.15) is 0 Å². The zero-order chi connectivity index (χ0) is 23.4. The number of carbonyl (C=O) groups excluding carboxylic acids is 3. The van der Waals surface area contributed by atoms with Crippen molar-refractivity contribution in [2.45, 2.75) is 38.8 Å². The van der Waals surface area contributed by atoms with E-state index in [1.165, 1.54) is 31.2 Å². The molecule has 2 aliphatic rings. The van der Waals surface area contributed by atoms with Crippen molar-refractivity contribution in [2.24, 2.45) is 0 Å². The number of hydrogen-bond donors (Lipinski definition) is 1. The highest BCUT2D eigenvalue weighted by Gasteiger charge is 2.49. The van der Waals surface area contributed by atoms with Gasteiger partial charge in [-0.15, -0.1) is 0 Å². The van der Waals surface area contributed by atoms with Crippen LogP contribution in [0.1, 0.15) is 46.7 Å². The maximum atomic E-state index is 13.3. The van der Waals surface area contributed by atoms with Crippen LogP contribution in [-0.2, 0) is 20.2 Å². The van der Waals surface area contributed by atoms with Gasteiger partial charge < -0.3 is 9.88 Å². The molecular weight excluding hydrogens is 437 g/mol. The minimum absolute atomic E-state index is 0.0278. The number of sulfone groups is 1. The molecule has 2 aliphatic heterocycles. The predicted molar refractivity (Wildman–Crippen MR) is 115 cm³/mol. The molecule has 0 bridgehead atoms. The van der Waals surface area contributed by atoms with Gasteiger partial charge in [-0.25, -0.2) is 17.6 Å². The van der Waals surface area contributed by atoms with Crippen LogP contribution in [0.5, 0.6) is 0 Å². The van der Waals surface area contributed by atoms with Crippen LogP contribution in [0.15, 0.2) is 30.3 Å². The first-order valence-electron chi connectivity index (χ1n) is 10.2. The molecule has 2 saturated heterocycles. The molecule has 0 radical (unpaired) electrons. The van der Waals surface area contributed by atoms with Gasteiger partial charge in [0.1, 0.15) is 11.4 Å². The average molecular weight is 462 g/mol. The van der Waals surface area contributed by atoms with Crippen molar-refractivity contribution >= 4 is 27.6 Å². The summed E-state index contributed by atoms with van der Waals surface area (Å²) in [5, 5.41) is 2.60. The zero-order valence-electron chi connectivity index (χ0n) is 18.0. The Morgan fingerprint density at radius 3 is 2.47 bits per heavy atom. The van der Waals surface area contributed by atoms with Crippen LogP contribution >= 0.6 is 0 Å². The van der Waals surface area contributed by atoms with E-state index in [1.54, 1.807) is 19.9 Å². The van der Waals surface area contributed by atoms with Crippen molar-refractivity contribution in [2.75, 3.05) is 18.1 Å². The standard InChI is InChI=1S/C22H24FN3O5S/c1-13-10-18(14(2)26(13)17-8-9-32(30,31)12-17)19(27)11-25-20(28)22(3,24-21(25)29)15-4-6-16(23)7-5-15/h4-7,10,17H,8-9,11-12H2,1-3H3,(H,24,29). The van der Waals surface area contributed by atoms with Gasteiger partial charge in [0.2, 0.25) is 0 Å². The normalized spacial score (nSPS) is 24.8. The summed E-state index contributed by atoms with van der Waals surface area (Å²) in [6.07, 6.45) is 0.482. The molecule has 0 saturated carbocycles. The van der Waals surface area contributed by atoms with E-state index in [0.29, 0.717) is 23.2 Å². The predicted octanol–water partition coefficient (Wildman–Crippen LogP) is 2.25. The van der Waals surface area contributed by atoms with Crippen molar-refractivity contribution in [3.8, 4) is 0 Å². The number of halogens is 1. The highest BCUT2D eigenvalue weighted by atomic mass is 32.2. The third kappa shape index (κ3) is 3.62. The van der Waals surface area contributed by atoms with Gasteiger partial charge in [-0.05, 0) is 51.0 Å². The number of rotatable bonds is 5. The second-order valence-corrected chi connectivity index (χ2v) is 10.8. The Morgan fingerprint density at radius 1 is 1.22 bits per heavy atom. The summed E-state index contributed by atoms with van der Waals surface area (Å²) in [6.45, 7) is 4.60. The lowest BCUT2D eigenvalue weighted by Crippen LogP contribution is -2.41. The largest absolute Gasteiger partial charge is 0.344 e. The first kappa shape index (κ1) is 22.2. The van der Waals surface area contributed by atoms with E-state index in [1.807, 2.05) is 4.57 Å². The molecule has 32 heavy (non-hydrogen) atoms. The Bertz CT molecular complexity index is 1240. The number of hydrogen-bond acceptors (Lipinski definition) is 5. The molecule has 3 amide bonds. The number of aryl methyl sites for hydroxylation is 1. The quantitative estimate of drug-likeness (QED) is 0.543. The third-order valence-corrected chi connectivity index (χ3v) is 8.11. The molecule has 2 atom stereocenters. The van der Waals surface area contributed by atoms with Gasteiger partial charge in [0.05, 0.1) is 18.1 Å². The molecule has 0 spiro atoms. The Kier molecular flexibility index (Phi) is 5.23. The van der Waals surface area contributed by atoms with Gasteiger partial charge in [0.25, 0.3) is 5.91 Å². The first-order chi connectivity index (χ1) is 14.9. The Morgan fingerprint density at radius 2 is 1.88 bits per heavy atom. The van der Waals surface area contributed by atoms with Crippen molar-refractivity contribution in [3.05, 3.63) is 58.7 Å². The van der Waals surface area contributed by atoms with Crippen molar-refractivity contribution in [1.29, 1.82) is 0 Å². The first-order valence-corrected chi connectivity index (χ1v) is 12.1. The molecule has 1 aromatic carbocycles. The van der Waals surface area contributed by atoms with Gasteiger partial charge in [0, 0.05) is 23.0 Å². The van der Waals surface area contributed by atoms with Crippen LogP contribution in [0.25, 0.3) is 0 Å². The highest BCUT2D eigenvalue weighted by Crippen LogP contribution is 2.31. The fourth-order valence-electron chi connectivity index (χ4n) is 4.65. The maximum absolute atomic E-state index is 13.3. The van der Waals surface area contributed by atoms with Gasteiger partial charge in [0.15, 0.2) is 15.6 Å². The van der Waals surface area contributed by atoms with Crippen LogP contribution in [0.2, 0.25) is 0 Å². The average Bonchev–Trinajstić information content (AvgIpc) is 3.29. The van der Waals surface area contributed by atoms with Crippen LogP contribution in [0.4, 0.5) is 9.18 Å². The smallest absolute Gasteiger partial charge is 0.325 e. The fourth-order valence-corrected chi connectivity index (χ4v) is 6.35. The minimum Gasteiger partial charge on any atom is -0.344 e. The molecule has 0 aliphatic carbocycles. The van der Waals surface area contributed by atoms with E-state index in [9.17, 15) is 27.2 Å². The summed E-state index contributed by atoms with van der Waals surface area (Å²) < 4.78 is 38.9. The summed E-state index contributed by atoms with van der Waals surface area (Å²) in [5.74, 6) is -1.34. The lowest BCUT2D eigenvalue weighted by molar-refractivity contribution is -0.130. The number of ketones is 1. The van der Waals surface area contributed by atoms with E-state index < -0.39 is 45.5 Å². The van der Waals surface area contributed by atoms with E-state index in [4.69, 9.17) is 0 Å². The number of aromatic nitrogens is 1. The van der Waals surface area contributed by atoms with Gasteiger partial charge >= 0.3 is 6.03 Å².